The molecule has 2 unspecified atom stereocenters. The Morgan fingerprint density at radius 1 is 0.741 bits per heavy atom. The predicted molar refractivity (Wildman–Crippen MR) is 115 cm³/mol. The van der Waals surface area contributed by atoms with Crippen molar-refractivity contribution in [2.75, 3.05) is 19.6 Å². The van der Waals surface area contributed by atoms with Crippen molar-refractivity contribution in [1.29, 1.82) is 0 Å². The summed E-state index contributed by atoms with van der Waals surface area (Å²) in [7, 11) is 0. The minimum Gasteiger partial charge on any atom is -0.311 e. The smallest absolute Gasteiger partial charge is 0.0506 e. The van der Waals surface area contributed by atoms with E-state index in [1.165, 1.54) is 11.1 Å². The fourth-order valence-corrected chi connectivity index (χ4v) is 4.25. The molecule has 0 bridgehead atoms. The van der Waals surface area contributed by atoms with E-state index in [0.29, 0.717) is 5.92 Å². The summed E-state index contributed by atoms with van der Waals surface area (Å²) in [5.74, 6) is 0.675. The second-order valence-corrected chi connectivity index (χ2v) is 8.73. The van der Waals surface area contributed by atoms with Gasteiger partial charge in [-0.25, -0.2) is 0 Å². The van der Waals surface area contributed by atoms with Crippen molar-refractivity contribution < 1.29 is 0 Å². The molecule has 146 valence electrons. The van der Waals surface area contributed by atoms with Crippen LogP contribution in [0.2, 0.25) is 0 Å². The predicted octanol–water partition coefficient (Wildman–Crippen LogP) is 4.06. The molecule has 1 aliphatic rings. The maximum Gasteiger partial charge on any atom is 0.0506 e. The first kappa shape index (κ1) is 20.1. The van der Waals surface area contributed by atoms with Crippen LogP contribution in [-0.2, 0) is 13.1 Å². The first-order chi connectivity index (χ1) is 13.0. The number of hydrogen-bond donors (Lipinski definition) is 2. The zero-order valence-electron chi connectivity index (χ0n) is 17.3. The molecule has 2 atom stereocenters. The van der Waals surface area contributed by atoms with Crippen molar-refractivity contribution in [3.05, 3.63) is 71.8 Å². The van der Waals surface area contributed by atoms with Gasteiger partial charge in [-0.3, -0.25) is 4.90 Å². The molecule has 1 fully saturated rings. The molecule has 0 saturated carbocycles. The van der Waals surface area contributed by atoms with Crippen LogP contribution in [0.1, 0.15) is 38.8 Å². The van der Waals surface area contributed by atoms with E-state index in [0.717, 1.165) is 32.7 Å². The first-order valence-corrected chi connectivity index (χ1v) is 10.2. The summed E-state index contributed by atoms with van der Waals surface area (Å²) in [6.45, 7) is 14.5. The monoisotopic (exact) mass is 365 g/mol. The fraction of sp³-hybridized carbons (Fsp3) is 0.500. The van der Waals surface area contributed by atoms with Crippen LogP contribution in [0.3, 0.4) is 0 Å². The third kappa shape index (κ3) is 4.60. The van der Waals surface area contributed by atoms with E-state index in [1.54, 1.807) is 0 Å². The molecule has 27 heavy (non-hydrogen) atoms. The highest BCUT2D eigenvalue weighted by Gasteiger charge is 2.67. The van der Waals surface area contributed by atoms with Crippen LogP contribution >= 0.6 is 0 Å². The lowest BCUT2D eigenvalue weighted by molar-refractivity contribution is 0.338. The maximum atomic E-state index is 3.70. The molecular weight excluding hydrogens is 330 g/mol. The van der Waals surface area contributed by atoms with Crippen LogP contribution in [0.4, 0.5) is 0 Å². The average Bonchev–Trinajstić information content (AvgIpc) is 3.10. The SMILES string of the molecule is CC(C)CN1C(C)(CNCc2ccccc2)C1(C)CNCc1ccccc1. The van der Waals surface area contributed by atoms with Gasteiger partial charge in [0.2, 0.25) is 0 Å². The minimum absolute atomic E-state index is 0.190. The number of nitrogens with one attached hydrogen (secondary N) is 2. The Morgan fingerprint density at radius 2 is 1.15 bits per heavy atom. The highest BCUT2D eigenvalue weighted by Crippen LogP contribution is 2.51. The molecule has 3 heteroatoms. The van der Waals surface area contributed by atoms with E-state index in [9.17, 15) is 0 Å². The Labute approximate surface area is 165 Å². The van der Waals surface area contributed by atoms with Crippen LogP contribution in [0.25, 0.3) is 0 Å². The summed E-state index contributed by atoms with van der Waals surface area (Å²) >= 11 is 0. The lowest BCUT2D eigenvalue weighted by Gasteiger charge is -2.17. The summed E-state index contributed by atoms with van der Waals surface area (Å²) < 4.78 is 0. The van der Waals surface area contributed by atoms with E-state index < -0.39 is 0 Å². The van der Waals surface area contributed by atoms with Gasteiger partial charge in [-0.1, -0.05) is 74.5 Å². The van der Waals surface area contributed by atoms with Gasteiger partial charge >= 0.3 is 0 Å². The molecule has 1 aliphatic heterocycles. The maximum absolute atomic E-state index is 3.70. The lowest BCUT2D eigenvalue weighted by atomic mass is 9.95. The van der Waals surface area contributed by atoms with Gasteiger partial charge in [0.25, 0.3) is 0 Å². The van der Waals surface area contributed by atoms with Gasteiger partial charge in [0.15, 0.2) is 0 Å². The summed E-state index contributed by atoms with van der Waals surface area (Å²) in [6.07, 6.45) is 0. The molecule has 0 spiro atoms. The van der Waals surface area contributed by atoms with Crippen molar-refractivity contribution in [2.45, 2.75) is 51.9 Å². The van der Waals surface area contributed by atoms with E-state index in [2.05, 4.69) is 104 Å². The molecule has 0 aromatic heterocycles. The standard InChI is InChI=1S/C24H35N3/c1-20(2)17-27-23(3,18-25-15-21-11-7-5-8-12-21)24(27,4)19-26-16-22-13-9-6-10-14-22/h5-14,20,25-26H,15-19H2,1-4H3. The highest BCUT2D eigenvalue weighted by molar-refractivity contribution is 5.27. The second kappa shape index (κ2) is 8.55. The largest absolute Gasteiger partial charge is 0.311 e. The molecule has 2 N–H and O–H groups in total. The second-order valence-electron chi connectivity index (χ2n) is 8.73. The van der Waals surface area contributed by atoms with Crippen LogP contribution in [0.5, 0.6) is 0 Å². The molecule has 0 amide bonds. The van der Waals surface area contributed by atoms with Crippen molar-refractivity contribution >= 4 is 0 Å². The molecule has 2 aromatic rings. The minimum atomic E-state index is 0.190. The molecule has 0 aliphatic carbocycles. The summed E-state index contributed by atoms with van der Waals surface area (Å²) in [5.41, 5.74) is 3.08. The van der Waals surface area contributed by atoms with Gasteiger partial charge in [-0.05, 0) is 30.9 Å². The average molecular weight is 366 g/mol. The molecule has 0 radical (unpaired) electrons. The van der Waals surface area contributed by atoms with Crippen molar-refractivity contribution in [1.82, 2.24) is 15.5 Å². The number of rotatable bonds is 10. The Hall–Kier alpha value is -1.68. The van der Waals surface area contributed by atoms with Crippen molar-refractivity contribution in [3.8, 4) is 0 Å². The Morgan fingerprint density at radius 3 is 1.52 bits per heavy atom. The number of nitrogens with zero attached hydrogens (tertiary/aromatic N) is 1. The molecular formula is C24H35N3. The van der Waals surface area contributed by atoms with Gasteiger partial charge in [0, 0.05) is 32.7 Å². The van der Waals surface area contributed by atoms with Crippen LogP contribution < -0.4 is 10.6 Å². The van der Waals surface area contributed by atoms with Gasteiger partial charge < -0.3 is 10.6 Å². The molecule has 1 saturated heterocycles. The molecule has 3 nitrogen and oxygen atoms in total. The Kier molecular flexibility index (Phi) is 6.36. The quantitative estimate of drug-likeness (QED) is 0.622. The number of hydrogen-bond acceptors (Lipinski definition) is 3. The number of benzene rings is 2. The fourth-order valence-electron chi connectivity index (χ4n) is 4.25. The van der Waals surface area contributed by atoms with E-state index in [-0.39, 0.29) is 11.1 Å². The Balaban J connectivity index is 1.56. The lowest BCUT2D eigenvalue weighted by Crippen LogP contribution is -2.38. The van der Waals surface area contributed by atoms with Gasteiger partial charge in [0.1, 0.15) is 0 Å². The normalized spacial score (nSPS) is 27.1. The van der Waals surface area contributed by atoms with Gasteiger partial charge in [0.05, 0.1) is 11.1 Å². The third-order valence-corrected chi connectivity index (χ3v) is 6.13. The van der Waals surface area contributed by atoms with E-state index in [4.69, 9.17) is 0 Å². The Bertz CT molecular complexity index is 643. The molecule has 2 aromatic carbocycles. The van der Waals surface area contributed by atoms with E-state index >= 15 is 0 Å². The zero-order chi connectivity index (χ0) is 19.3. The van der Waals surface area contributed by atoms with Gasteiger partial charge in [-0.2, -0.15) is 0 Å². The topological polar surface area (TPSA) is 27.1 Å². The highest BCUT2D eigenvalue weighted by atomic mass is 15.5. The first-order valence-electron chi connectivity index (χ1n) is 10.2. The zero-order valence-corrected chi connectivity index (χ0v) is 17.3. The molecule has 3 rings (SSSR count). The summed E-state index contributed by atoms with van der Waals surface area (Å²) in [4.78, 5) is 2.68. The van der Waals surface area contributed by atoms with Crippen molar-refractivity contribution in [3.63, 3.8) is 0 Å². The summed E-state index contributed by atoms with van der Waals surface area (Å²) in [6, 6.07) is 21.3. The van der Waals surface area contributed by atoms with E-state index in [1.807, 2.05) is 0 Å². The molecule has 1 heterocycles. The summed E-state index contributed by atoms with van der Waals surface area (Å²) in [5, 5.41) is 7.40. The van der Waals surface area contributed by atoms with Crippen LogP contribution in [0, 0.1) is 5.92 Å². The van der Waals surface area contributed by atoms with Crippen molar-refractivity contribution in [2.24, 2.45) is 5.92 Å². The third-order valence-electron chi connectivity index (χ3n) is 6.13. The van der Waals surface area contributed by atoms with Crippen LogP contribution in [-0.4, -0.2) is 35.6 Å². The van der Waals surface area contributed by atoms with Gasteiger partial charge in [-0.15, -0.1) is 0 Å². The van der Waals surface area contributed by atoms with Crippen LogP contribution in [0.15, 0.2) is 60.7 Å².